The largest absolute Gasteiger partial charge is 0.478 e. The monoisotopic (exact) mass is 210 g/mol. The molecule has 0 aromatic carbocycles. The summed E-state index contributed by atoms with van der Waals surface area (Å²) in [5, 5.41) is 8.87. The van der Waals surface area contributed by atoms with Gasteiger partial charge in [-0.05, 0) is 19.3 Å². The minimum Gasteiger partial charge on any atom is -0.478 e. The highest BCUT2D eigenvalue weighted by Crippen LogP contribution is 2.20. The molecule has 0 radical (unpaired) electrons. The molecule has 1 aliphatic rings. The zero-order chi connectivity index (χ0) is 11.3. The lowest BCUT2D eigenvalue weighted by molar-refractivity contribution is -0.140. The highest BCUT2D eigenvalue weighted by Gasteiger charge is 2.22. The lowest BCUT2D eigenvalue weighted by atomic mass is 9.98. The van der Waals surface area contributed by atoms with Crippen LogP contribution >= 0.6 is 0 Å². The second-order valence-corrected chi connectivity index (χ2v) is 3.25. The third kappa shape index (κ3) is 2.94. The SMILES string of the molecule is CCCOC(=O)C1=CCCC=C1C(=O)O. The normalized spacial score (nSPS) is 15.3. The quantitative estimate of drug-likeness (QED) is 0.717. The molecule has 0 saturated carbocycles. The number of carbonyl (C=O) groups excluding carboxylic acids is 1. The van der Waals surface area contributed by atoms with E-state index in [1.807, 2.05) is 6.92 Å². The third-order valence-electron chi connectivity index (χ3n) is 2.04. The molecular formula is C11H14O4. The van der Waals surface area contributed by atoms with Crippen LogP contribution in [0.5, 0.6) is 0 Å². The number of hydrogen-bond acceptors (Lipinski definition) is 3. The fraction of sp³-hybridized carbons (Fsp3) is 0.455. The Morgan fingerprint density at radius 3 is 2.47 bits per heavy atom. The van der Waals surface area contributed by atoms with Crippen LogP contribution in [0.4, 0.5) is 0 Å². The number of hydrogen-bond donors (Lipinski definition) is 1. The van der Waals surface area contributed by atoms with Crippen LogP contribution in [-0.2, 0) is 14.3 Å². The summed E-state index contributed by atoms with van der Waals surface area (Å²) in [6, 6.07) is 0. The lowest BCUT2D eigenvalue weighted by Gasteiger charge is -2.11. The summed E-state index contributed by atoms with van der Waals surface area (Å²) in [6.07, 6.45) is 5.26. The number of carbonyl (C=O) groups is 2. The van der Waals surface area contributed by atoms with Gasteiger partial charge in [0.1, 0.15) is 0 Å². The van der Waals surface area contributed by atoms with E-state index in [2.05, 4.69) is 0 Å². The third-order valence-corrected chi connectivity index (χ3v) is 2.04. The van der Waals surface area contributed by atoms with E-state index in [4.69, 9.17) is 9.84 Å². The molecular weight excluding hydrogens is 196 g/mol. The molecule has 4 nitrogen and oxygen atoms in total. The maximum atomic E-state index is 11.5. The van der Waals surface area contributed by atoms with Crippen molar-refractivity contribution in [3.05, 3.63) is 23.3 Å². The minimum atomic E-state index is -1.07. The Balaban J connectivity index is 2.74. The molecule has 0 atom stereocenters. The number of rotatable bonds is 4. The molecule has 0 unspecified atom stereocenters. The van der Waals surface area contributed by atoms with Crippen LogP contribution in [-0.4, -0.2) is 23.7 Å². The van der Waals surface area contributed by atoms with Gasteiger partial charge in [0, 0.05) is 0 Å². The smallest absolute Gasteiger partial charge is 0.338 e. The molecule has 0 heterocycles. The van der Waals surface area contributed by atoms with Gasteiger partial charge < -0.3 is 9.84 Å². The predicted molar refractivity (Wildman–Crippen MR) is 54.3 cm³/mol. The summed E-state index contributed by atoms with van der Waals surface area (Å²) >= 11 is 0. The number of aliphatic carboxylic acids is 1. The van der Waals surface area contributed by atoms with Gasteiger partial charge in [0.05, 0.1) is 17.8 Å². The number of carboxylic acids is 1. The van der Waals surface area contributed by atoms with Gasteiger partial charge >= 0.3 is 11.9 Å². The van der Waals surface area contributed by atoms with E-state index < -0.39 is 11.9 Å². The number of ether oxygens (including phenoxy) is 1. The summed E-state index contributed by atoms with van der Waals surface area (Å²) in [4.78, 5) is 22.3. The molecule has 0 aromatic rings. The number of carboxylic acid groups (broad SMARTS) is 1. The molecule has 15 heavy (non-hydrogen) atoms. The lowest BCUT2D eigenvalue weighted by Crippen LogP contribution is -2.16. The zero-order valence-electron chi connectivity index (χ0n) is 8.66. The van der Waals surface area contributed by atoms with Gasteiger partial charge in [-0.3, -0.25) is 0 Å². The second-order valence-electron chi connectivity index (χ2n) is 3.25. The number of esters is 1. The van der Waals surface area contributed by atoms with Gasteiger partial charge in [-0.15, -0.1) is 0 Å². The first-order valence-electron chi connectivity index (χ1n) is 4.98. The maximum absolute atomic E-state index is 11.5. The fourth-order valence-electron chi connectivity index (χ4n) is 1.34. The van der Waals surface area contributed by atoms with Crippen molar-refractivity contribution in [3.63, 3.8) is 0 Å². The highest BCUT2D eigenvalue weighted by atomic mass is 16.5. The van der Waals surface area contributed by atoms with E-state index >= 15 is 0 Å². The van der Waals surface area contributed by atoms with E-state index in [1.165, 1.54) is 0 Å². The zero-order valence-corrected chi connectivity index (χ0v) is 8.66. The molecule has 0 spiro atoms. The van der Waals surface area contributed by atoms with Crippen LogP contribution in [0.25, 0.3) is 0 Å². The van der Waals surface area contributed by atoms with E-state index in [0.717, 1.165) is 6.42 Å². The van der Waals surface area contributed by atoms with Crippen LogP contribution in [0.3, 0.4) is 0 Å². The fourth-order valence-corrected chi connectivity index (χ4v) is 1.34. The molecule has 82 valence electrons. The Labute approximate surface area is 88.2 Å². The first-order valence-corrected chi connectivity index (χ1v) is 4.98. The molecule has 1 aliphatic carbocycles. The summed E-state index contributed by atoms with van der Waals surface area (Å²) in [5.74, 6) is -1.61. The Bertz CT molecular complexity index is 325. The van der Waals surface area contributed by atoms with Crippen LogP contribution < -0.4 is 0 Å². The van der Waals surface area contributed by atoms with Gasteiger partial charge in [-0.25, -0.2) is 9.59 Å². The topological polar surface area (TPSA) is 63.6 Å². The molecule has 1 rings (SSSR count). The first kappa shape index (κ1) is 11.5. The summed E-state index contributed by atoms with van der Waals surface area (Å²) in [6.45, 7) is 2.21. The molecule has 0 bridgehead atoms. The van der Waals surface area contributed by atoms with Gasteiger partial charge in [-0.2, -0.15) is 0 Å². The summed E-state index contributed by atoms with van der Waals surface area (Å²) in [5.41, 5.74) is 0.240. The van der Waals surface area contributed by atoms with Crippen molar-refractivity contribution in [3.8, 4) is 0 Å². The van der Waals surface area contributed by atoms with E-state index in [9.17, 15) is 9.59 Å². The van der Waals surface area contributed by atoms with Gasteiger partial charge in [0.15, 0.2) is 0 Å². The molecule has 0 fully saturated rings. The maximum Gasteiger partial charge on any atom is 0.338 e. The van der Waals surface area contributed by atoms with E-state index in [1.54, 1.807) is 12.2 Å². The molecule has 0 amide bonds. The Morgan fingerprint density at radius 1 is 1.33 bits per heavy atom. The summed E-state index contributed by atoms with van der Waals surface area (Å²) in [7, 11) is 0. The average Bonchev–Trinajstić information content (AvgIpc) is 2.25. The molecule has 0 saturated heterocycles. The van der Waals surface area contributed by atoms with Crippen molar-refractivity contribution in [2.75, 3.05) is 6.61 Å². The van der Waals surface area contributed by atoms with Crippen LogP contribution in [0.1, 0.15) is 26.2 Å². The Kier molecular flexibility index (Phi) is 4.09. The van der Waals surface area contributed by atoms with Gasteiger partial charge in [0.2, 0.25) is 0 Å². The molecule has 0 aromatic heterocycles. The second kappa shape index (κ2) is 5.34. The van der Waals surface area contributed by atoms with Crippen molar-refractivity contribution in [1.82, 2.24) is 0 Å². The Hall–Kier alpha value is -1.58. The van der Waals surface area contributed by atoms with Crippen molar-refractivity contribution < 1.29 is 19.4 Å². The average molecular weight is 210 g/mol. The first-order chi connectivity index (χ1) is 7.16. The standard InChI is InChI=1S/C11H14O4/c1-2-7-15-11(14)9-6-4-3-5-8(9)10(12)13/h5-6H,2-4,7H2,1H3,(H,12,13). The predicted octanol–water partition coefficient (Wildman–Crippen LogP) is 1.67. The summed E-state index contributed by atoms with van der Waals surface area (Å²) < 4.78 is 4.90. The molecule has 0 aliphatic heterocycles. The number of allylic oxidation sites excluding steroid dienone is 2. The minimum absolute atomic E-state index is 0.0577. The Morgan fingerprint density at radius 2 is 1.93 bits per heavy atom. The highest BCUT2D eigenvalue weighted by molar-refractivity contribution is 6.06. The van der Waals surface area contributed by atoms with Crippen molar-refractivity contribution >= 4 is 11.9 Å². The van der Waals surface area contributed by atoms with Crippen LogP contribution in [0.2, 0.25) is 0 Å². The van der Waals surface area contributed by atoms with Crippen molar-refractivity contribution in [2.45, 2.75) is 26.2 Å². The van der Waals surface area contributed by atoms with Gasteiger partial charge in [-0.1, -0.05) is 19.1 Å². The van der Waals surface area contributed by atoms with E-state index in [-0.39, 0.29) is 11.1 Å². The van der Waals surface area contributed by atoms with Crippen LogP contribution in [0.15, 0.2) is 23.3 Å². The molecule has 4 heteroatoms. The van der Waals surface area contributed by atoms with E-state index in [0.29, 0.717) is 19.4 Å². The van der Waals surface area contributed by atoms with Crippen LogP contribution in [0, 0.1) is 0 Å². The van der Waals surface area contributed by atoms with Crippen molar-refractivity contribution in [2.24, 2.45) is 0 Å². The van der Waals surface area contributed by atoms with Gasteiger partial charge in [0.25, 0.3) is 0 Å². The molecule has 1 N–H and O–H groups in total. The van der Waals surface area contributed by atoms with Crippen molar-refractivity contribution in [1.29, 1.82) is 0 Å².